The average Bonchev–Trinajstić information content (AvgIpc) is 2.16. The topological polar surface area (TPSA) is 44.4 Å². The van der Waals surface area contributed by atoms with Crippen LogP contribution in [0.3, 0.4) is 0 Å². The van der Waals surface area contributed by atoms with Crippen molar-refractivity contribution >= 4 is 6.03 Å². The summed E-state index contributed by atoms with van der Waals surface area (Å²) in [5, 5.41) is 5.89. The highest BCUT2D eigenvalue weighted by Crippen LogP contribution is 2.12. The molecule has 0 aromatic heterocycles. The van der Waals surface area contributed by atoms with Crippen LogP contribution in [-0.4, -0.2) is 42.1 Å². The second kappa shape index (κ2) is 6.09. The zero-order valence-corrected chi connectivity index (χ0v) is 10.9. The zero-order chi connectivity index (χ0) is 12.1. The van der Waals surface area contributed by atoms with E-state index in [-0.39, 0.29) is 12.1 Å². The molecule has 1 saturated heterocycles. The monoisotopic (exact) mass is 227 g/mol. The normalized spacial score (nSPS) is 19.1. The molecule has 4 heteroatoms. The quantitative estimate of drug-likeness (QED) is 0.768. The van der Waals surface area contributed by atoms with Crippen LogP contribution in [0.2, 0.25) is 0 Å². The van der Waals surface area contributed by atoms with Gasteiger partial charge < -0.3 is 15.5 Å². The van der Waals surface area contributed by atoms with Gasteiger partial charge in [0.15, 0.2) is 0 Å². The fourth-order valence-corrected chi connectivity index (χ4v) is 2.05. The van der Waals surface area contributed by atoms with Gasteiger partial charge in [-0.05, 0) is 40.5 Å². The van der Waals surface area contributed by atoms with E-state index in [4.69, 9.17) is 0 Å². The molecule has 0 aromatic carbocycles. The lowest BCUT2D eigenvalue weighted by atomic mass is 10.0. The van der Waals surface area contributed by atoms with E-state index in [2.05, 4.69) is 29.4 Å². The number of urea groups is 1. The van der Waals surface area contributed by atoms with Crippen LogP contribution in [0.25, 0.3) is 0 Å². The molecule has 0 saturated carbocycles. The third kappa shape index (κ3) is 4.39. The molecule has 0 spiro atoms. The van der Waals surface area contributed by atoms with Gasteiger partial charge in [0.05, 0.1) is 0 Å². The number of likely N-dealkylation sites (tertiary alicyclic amines) is 1. The highest BCUT2D eigenvalue weighted by Gasteiger charge is 2.21. The van der Waals surface area contributed by atoms with Gasteiger partial charge >= 0.3 is 6.03 Å². The van der Waals surface area contributed by atoms with Crippen LogP contribution < -0.4 is 10.6 Å². The molecule has 0 aliphatic carbocycles. The number of piperidine rings is 1. The second-order valence-electron chi connectivity index (χ2n) is 5.18. The van der Waals surface area contributed by atoms with Crippen LogP contribution >= 0.6 is 0 Å². The maximum Gasteiger partial charge on any atom is 0.315 e. The van der Waals surface area contributed by atoms with E-state index < -0.39 is 0 Å². The summed E-state index contributed by atoms with van der Waals surface area (Å²) < 4.78 is 0. The van der Waals surface area contributed by atoms with Crippen molar-refractivity contribution in [2.24, 2.45) is 0 Å². The summed E-state index contributed by atoms with van der Waals surface area (Å²) >= 11 is 0. The van der Waals surface area contributed by atoms with Crippen molar-refractivity contribution in [3.8, 4) is 0 Å². The Morgan fingerprint density at radius 3 is 2.19 bits per heavy atom. The van der Waals surface area contributed by atoms with Crippen LogP contribution in [0.5, 0.6) is 0 Å². The summed E-state index contributed by atoms with van der Waals surface area (Å²) in [4.78, 5) is 14.0. The fraction of sp³-hybridized carbons (Fsp3) is 0.917. The Labute approximate surface area is 98.8 Å². The third-order valence-electron chi connectivity index (χ3n) is 3.01. The molecule has 1 rings (SSSR count). The summed E-state index contributed by atoms with van der Waals surface area (Å²) in [6.07, 6.45) is 2.12. The van der Waals surface area contributed by atoms with Gasteiger partial charge in [0.1, 0.15) is 0 Å². The van der Waals surface area contributed by atoms with E-state index in [1.165, 1.54) is 0 Å². The minimum Gasteiger partial charge on any atom is -0.336 e. The lowest BCUT2D eigenvalue weighted by Gasteiger charge is -2.34. The molecular formula is C12H25N3O. The van der Waals surface area contributed by atoms with Gasteiger partial charge in [0.25, 0.3) is 0 Å². The number of nitrogens with one attached hydrogen (secondary N) is 2. The van der Waals surface area contributed by atoms with Crippen molar-refractivity contribution in [3.63, 3.8) is 0 Å². The lowest BCUT2D eigenvalue weighted by Crippen LogP contribution is -2.50. The van der Waals surface area contributed by atoms with Gasteiger partial charge in [-0.25, -0.2) is 4.79 Å². The van der Waals surface area contributed by atoms with E-state index in [1.807, 2.05) is 13.8 Å². The molecule has 1 aliphatic heterocycles. The molecule has 0 unspecified atom stereocenters. The highest BCUT2D eigenvalue weighted by molar-refractivity contribution is 5.74. The van der Waals surface area contributed by atoms with E-state index in [0.717, 1.165) is 25.9 Å². The molecule has 4 nitrogen and oxygen atoms in total. The molecule has 2 N–H and O–H groups in total. The summed E-state index contributed by atoms with van der Waals surface area (Å²) in [7, 11) is 0. The first-order valence-electron chi connectivity index (χ1n) is 6.30. The fourth-order valence-electron chi connectivity index (χ4n) is 2.05. The molecule has 0 aromatic rings. The molecule has 0 radical (unpaired) electrons. The lowest BCUT2D eigenvalue weighted by molar-refractivity contribution is 0.161. The number of rotatable bonds is 3. The van der Waals surface area contributed by atoms with Crippen LogP contribution in [0.1, 0.15) is 40.5 Å². The van der Waals surface area contributed by atoms with E-state index in [0.29, 0.717) is 12.1 Å². The van der Waals surface area contributed by atoms with Gasteiger partial charge in [-0.1, -0.05) is 0 Å². The summed E-state index contributed by atoms with van der Waals surface area (Å²) in [5.74, 6) is 0. The predicted molar refractivity (Wildman–Crippen MR) is 66.5 cm³/mol. The Balaban J connectivity index is 2.24. The van der Waals surface area contributed by atoms with Gasteiger partial charge in [0, 0.05) is 31.2 Å². The number of carbonyl (C=O) groups excluding carboxylic acids is 1. The summed E-state index contributed by atoms with van der Waals surface area (Å²) in [5.41, 5.74) is 0. The number of hydrogen-bond donors (Lipinski definition) is 2. The Morgan fingerprint density at radius 1 is 1.19 bits per heavy atom. The van der Waals surface area contributed by atoms with E-state index >= 15 is 0 Å². The summed E-state index contributed by atoms with van der Waals surface area (Å²) in [6, 6.07) is 1.13. The van der Waals surface area contributed by atoms with Crippen molar-refractivity contribution in [2.45, 2.75) is 58.7 Å². The Bertz CT molecular complexity index is 220. The molecule has 2 amide bonds. The minimum absolute atomic E-state index is 0.0296. The first kappa shape index (κ1) is 13.3. The van der Waals surface area contributed by atoms with Crippen molar-refractivity contribution < 1.29 is 4.79 Å². The SMILES string of the molecule is CC(C)NC(=O)NC1CCN(C(C)C)CC1. The molecule has 94 valence electrons. The van der Waals surface area contributed by atoms with Crippen molar-refractivity contribution in [2.75, 3.05) is 13.1 Å². The van der Waals surface area contributed by atoms with Gasteiger partial charge in [-0.15, -0.1) is 0 Å². The van der Waals surface area contributed by atoms with Gasteiger partial charge in [-0.3, -0.25) is 0 Å². The van der Waals surface area contributed by atoms with Crippen molar-refractivity contribution in [1.29, 1.82) is 0 Å². The number of nitrogens with zero attached hydrogens (tertiary/aromatic N) is 1. The van der Waals surface area contributed by atoms with Crippen molar-refractivity contribution in [3.05, 3.63) is 0 Å². The third-order valence-corrected chi connectivity index (χ3v) is 3.01. The van der Waals surface area contributed by atoms with E-state index in [9.17, 15) is 4.79 Å². The standard InChI is InChI=1S/C12H25N3O/c1-9(2)13-12(16)14-11-5-7-15(8-6-11)10(3)4/h9-11H,5-8H2,1-4H3,(H2,13,14,16). The van der Waals surface area contributed by atoms with E-state index in [1.54, 1.807) is 0 Å². The molecule has 1 fully saturated rings. The number of hydrogen-bond acceptors (Lipinski definition) is 2. The molecular weight excluding hydrogens is 202 g/mol. The maximum atomic E-state index is 11.5. The van der Waals surface area contributed by atoms with Crippen LogP contribution in [0.4, 0.5) is 4.79 Å². The zero-order valence-electron chi connectivity index (χ0n) is 10.9. The molecule has 16 heavy (non-hydrogen) atoms. The van der Waals surface area contributed by atoms with Crippen LogP contribution in [0.15, 0.2) is 0 Å². The second-order valence-corrected chi connectivity index (χ2v) is 5.18. The number of carbonyl (C=O) groups is 1. The molecule has 1 heterocycles. The Kier molecular flexibility index (Phi) is 5.06. The number of amides is 2. The molecule has 1 aliphatic rings. The minimum atomic E-state index is -0.0296. The Morgan fingerprint density at radius 2 is 1.75 bits per heavy atom. The van der Waals surface area contributed by atoms with Crippen molar-refractivity contribution in [1.82, 2.24) is 15.5 Å². The Hall–Kier alpha value is -0.770. The maximum absolute atomic E-state index is 11.5. The molecule has 0 atom stereocenters. The first-order valence-corrected chi connectivity index (χ1v) is 6.30. The first-order chi connectivity index (χ1) is 7.49. The van der Waals surface area contributed by atoms with Gasteiger partial charge in [-0.2, -0.15) is 0 Å². The van der Waals surface area contributed by atoms with Gasteiger partial charge in [0.2, 0.25) is 0 Å². The largest absolute Gasteiger partial charge is 0.336 e. The van der Waals surface area contributed by atoms with Crippen LogP contribution in [-0.2, 0) is 0 Å². The molecule has 0 bridgehead atoms. The smallest absolute Gasteiger partial charge is 0.315 e. The highest BCUT2D eigenvalue weighted by atomic mass is 16.2. The predicted octanol–water partition coefficient (Wildman–Crippen LogP) is 1.57. The van der Waals surface area contributed by atoms with Crippen LogP contribution in [0, 0.1) is 0 Å². The summed E-state index contributed by atoms with van der Waals surface area (Å²) in [6.45, 7) is 10.6. The average molecular weight is 227 g/mol.